The quantitative estimate of drug-likeness (QED) is 0.698. The van der Waals surface area contributed by atoms with E-state index in [9.17, 15) is 0 Å². The van der Waals surface area contributed by atoms with Gasteiger partial charge < -0.3 is 19.3 Å². The molecule has 1 N–H and O–H groups in total. The average Bonchev–Trinajstić information content (AvgIpc) is 2.40. The Morgan fingerprint density at radius 1 is 1.00 bits per heavy atom. The Balaban J connectivity index is 2.33. The maximum Gasteiger partial charge on any atom is 0.125 e. The van der Waals surface area contributed by atoms with Crippen LogP contribution >= 0.6 is 0 Å². The van der Waals surface area contributed by atoms with E-state index < -0.39 is 0 Å². The van der Waals surface area contributed by atoms with E-state index in [1.165, 1.54) is 0 Å². The lowest BCUT2D eigenvalue weighted by atomic mass is 10.1. The number of aliphatic hydroxyl groups is 1. The Bertz CT molecular complexity index is 353. The highest BCUT2D eigenvalue weighted by Gasteiger charge is 2.06. The van der Waals surface area contributed by atoms with Gasteiger partial charge in [-0.2, -0.15) is 0 Å². The Hall–Kier alpha value is -1.10. The molecular weight excluding hydrogens is 244 g/mol. The molecule has 4 heteroatoms. The zero-order valence-electron chi connectivity index (χ0n) is 12.1. The Kier molecular flexibility index (Phi) is 7.48. The number of aryl methyl sites for hydroxylation is 2. The number of aliphatic hydroxyl groups excluding tert-OH is 1. The van der Waals surface area contributed by atoms with Gasteiger partial charge in [0.25, 0.3) is 0 Å². The molecule has 0 saturated heterocycles. The monoisotopic (exact) mass is 268 g/mol. The Morgan fingerprint density at radius 3 is 2.26 bits per heavy atom. The van der Waals surface area contributed by atoms with Gasteiger partial charge in [-0.1, -0.05) is 12.1 Å². The van der Waals surface area contributed by atoms with Gasteiger partial charge in [0.15, 0.2) is 0 Å². The number of ether oxygens (including phenoxy) is 3. The zero-order chi connectivity index (χ0) is 14.1. The summed E-state index contributed by atoms with van der Waals surface area (Å²) in [4.78, 5) is 0. The van der Waals surface area contributed by atoms with Crippen LogP contribution in [0.2, 0.25) is 0 Å². The summed E-state index contributed by atoms with van der Waals surface area (Å²) in [6, 6.07) is 3.91. The molecule has 0 amide bonds. The standard InChI is InChI=1S/C15H24O4/c1-12-9-14(11-16)10-13(2)15(12)19-6-4-5-18-8-7-17-3/h9-10,16H,4-8,11H2,1-3H3. The molecule has 0 saturated carbocycles. The van der Waals surface area contributed by atoms with Crippen LogP contribution in [0.1, 0.15) is 23.1 Å². The maximum absolute atomic E-state index is 9.13. The molecule has 0 aromatic heterocycles. The van der Waals surface area contributed by atoms with Crippen molar-refractivity contribution in [2.45, 2.75) is 26.9 Å². The largest absolute Gasteiger partial charge is 0.493 e. The van der Waals surface area contributed by atoms with Crippen molar-refractivity contribution < 1.29 is 19.3 Å². The summed E-state index contributed by atoms with van der Waals surface area (Å²) < 4.78 is 16.0. The summed E-state index contributed by atoms with van der Waals surface area (Å²) in [6.45, 7) is 6.62. The van der Waals surface area contributed by atoms with E-state index in [4.69, 9.17) is 19.3 Å². The first-order valence-electron chi connectivity index (χ1n) is 6.59. The molecule has 0 fully saturated rings. The lowest BCUT2D eigenvalue weighted by molar-refractivity contribution is 0.0643. The van der Waals surface area contributed by atoms with Crippen LogP contribution in [-0.2, 0) is 16.1 Å². The molecule has 0 heterocycles. The number of methoxy groups -OCH3 is 1. The third kappa shape index (κ3) is 5.59. The fourth-order valence-electron chi connectivity index (χ4n) is 1.94. The predicted molar refractivity (Wildman–Crippen MR) is 74.6 cm³/mol. The van der Waals surface area contributed by atoms with E-state index in [0.717, 1.165) is 28.9 Å². The molecule has 0 aliphatic carbocycles. The first-order chi connectivity index (χ1) is 9.19. The van der Waals surface area contributed by atoms with Gasteiger partial charge >= 0.3 is 0 Å². The first kappa shape index (κ1) is 16.0. The highest BCUT2D eigenvalue weighted by molar-refractivity contribution is 5.43. The van der Waals surface area contributed by atoms with Crippen molar-refractivity contribution in [1.82, 2.24) is 0 Å². The summed E-state index contributed by atoms with van der Waals surface area (Å²) in [5.74, 6) is 0.911. The molecule has 0 bridgehead atoms. The van der Waals surface area contributed by atoms with E-state index >= 15 is 0 Å². The summed E-state index contributed by atoms with van der Waals surface area (Å²) in [5.41, 5.74) is 3.04. The minimum Gasteiger partial charge on any atom is -0.493 e. The third-order valence-electron chi connectivity index (χ3n) is 2.81. The molecule has 1 aromatic rings. The number of hydrogen-bond donors (Lipinski definition) is 1. The van der Waals surface area contributed by atoms with E-state index in [0.29, 0.717) is 26.4 Å². The molecule has 0 aliphatic rings. The molecule has 4 nitrogen and oxygen atoms in total. The van der Waals surface area contributed by atoms with Crippen molar-refractivity contribution in [3.63, 3.8) is 0 Å². The predicted octanol–water partition coefficient (Wildman–Crippen LogP) is 2.23. The molecule has 0 unspecified atom stereocenters. The van der Waals surface area contributed by atoms with E-state index in [2.05, 4.69) is 0 Å². The SMILES string of the molecule is COCCOCCCOc1c(C)cc(CO)cc1C. The van der Waals surface area contributed by atoms with Gasteiger partial charge in [0.2, 0.25) is 0 Å². The topological polar surface area (TPSA) is 47.9 Å². The highest BCUT2D eigenvalue weighted by atomic mass is 16.5. The minimum absolute atomic E-state index is 0.0648. The molecule has 0 aliphatic heterocycles. The van der Waals surface area contributed by atoms with Gasteiger partial charge in [-0.05, 0) is 30.5 Å². The molecular formula is C15H24O4. The third-order valence-corrected chi connectivity index (χ3v) is 2.81. The Labute approximate surface area is 115 Å². The molecule has 0 atom stereocenters. The van der Waals surface area contributed by atoms with Crippen LogP contribution < -0.4 is 4.74 Å². The van der Waals surface area contributed by atoms with Crippen LogP contribution in [-0.4, -0.2) is 38.6 Å². The van der Waals surface area contributed by atoms with E-state index in [-0.39, 0.29) is 6.61 Å². The van der Waals surface area contributed by atoms with Crippen molar-refractivity contribution in [1.29, 1.82) is 0 Å². The van der Waals surface area contributed by atoms with Crippen LogP contribution in [0.3, 0.4) is 0 Å². The fraction of sp³-hybridized carbons (Fsp3) is 0.600. The summed E-state index contributed by atoms with van der Waals surface area (Å²) in [5, 5.41) is 9.13. The lowest BCUT2D eigenvalue weighted by Gasteiger charge is -2.13. The van der Waals surface area contributed by atoms with Crippen LogP contribution in [0, 0.1) is 13.8 Å². The smallest absolute Gasteiger partial charge is 0.125 e. The fourth-order valence-corrected chi connectivity index (χ4v) is 1.94. The van der Waals surface area contributed by atoms with Gasteiger partial charge in [0.05, 0.1) is 26.4 Å². The number of hydrogen-bond acceptors (Lipinski definition) is 4. The lowest BCUT2D eigenvalue weighted by Crippen LogP contribution is -2.08. The van der Waals surface area contributed by atoms with Crippen molar-refractivity contribution in [2.24, 2.45) is 0 Å². The summed E-state index contributed by atoms with van der Waals surface area (Å²) in [7, 11) is 1.66. The van der Waals surface area contributed by atoms with Gasteiger partial charge in [0, 0.05) is 20.1 Å². The second kappa shape index (κ2) is 8.91. The van der Waals surface area contributed by atoms with Crippen molar-refractivity contribution in [2.75, 3.05) is 33.5 Å². The van der Waals surface area contributed by atoms with Crippen LogP contribution in [0.4, 0.5) is 0 Å². The normalized spacial score (nSPS) is 10.7. The van der Waals surface area contributed by atoms with Crippen LogP contribution in [0.15, 0.2) is 12.1 Å². The minimum atomic E-state index is 0.0648. The zero-order valence-corrected chi connectivity index (χ0v) is 12.1. The van der Waals surface area contributed by atoms with E-state index in [1.807, 2.05) is 26.0 Å². The van der Waals surface area contributed by atoms with Gasteiger partial charge in [-0.25, -0.2) is 0 Å². The van der Waals surface area contributed by atoms with Crippen LogP contribution in [0.25, 0.3) is 0 Å². The molecule has 19 heavy (non-hydrogen) atoms. The second-order valence-corrected chi connectivity index (χ2v) is 4.52. The number of benzene rings is 1. The Morgan fingerprint density at radius 2 is 1.68 bits per heavy atom. The van der Waals surface area contributed by atoms with Gasteiger partial charge in [-0.3, -0.25) is 0 Å². The molecule has 0 radical (unpaired) electrons. The van der Waals surface area contributed by atoms with Crippen LogP contribution in [0.5, 0.6) is 5.75 Å². The summed E-state index contributed by atoms with van der Waals surface area (Å²) >= 11 is 0. The highest BCUT2D eigenvalue weighted by Crippen LogP contribution is 2.24. The van der Waals surface area contributed by atoms with E-state index in [1.54, 1.807) is 7.11 Å². The van der Waals surface area contributed by atoms with Gasteiger partial charge in [-0.15, -0.1) is 0 Å². The van der Waals surface area contributed by atoms with Crippen molar-refractivity contribution >= 4 is 0 Å². The molecule has 1 rings (SSSR count). The molecule has 0 spiro atoms. The summed E-state index contributed by atoms with van der Waals surface area (Å²) in [6.07, 6.45) is 0.852. The van der Waals surface area contributed by atoms with Crippen molar-refractivity contribution in [3.8, 4) is 5.75 Å². The molecule has 1 aromatic carbocycles. The average molecular weight is 268 g/mol. The second-order valence-electron chi connectivity index (χ2n) is 4.52. The maximum atomic E-state index is 9.13. The van der Waals surface area contributed by atoms with Gasteiger partial charge in [0.1, 0.15) is 5.75 Å². The van der Waals surface area contributed by atoms with Crippen molar-refractivity contribution in [3.05, 3.63) is 28.8 Å². The first-order valence-corrected chi connectivity index (χ1v) is 6.59. The molecule has 108 valence electrons. The number of rotatable bonds is 9.